The van der Waals surface area contributed by atoms with Crippen LogP contribution in [0, 0.1) is 0 Å². The number of hydrogen-bond acceptors (Lipinski definition) is 3. The first-order chi connectivity index (χ1) is 9.24. The highest BCUT2D eigenvalue weighted by Gasteiger charge is 2.22. The maximum atomic E-state index is 5.66. The topological polar surface area (TPSA) is 32.5 Å². The zero-order valence-corrected chi connectivity index (χ0v) is 12.3. The van der Waals surface area contributed by atoms with Crippen molar-refractivity contribution in [2.24, 2.45) is 5.73 Å². The van der Waals surface area contributed by atoms with Gasteiger partial charge in [-0.15, -0.1) is 0 Å². The van der Waals surface area contributed by atoms with Crippen LogP contribution >= 0.6 is 0 Å². The van der Waals surface area contributed by atoms with Crippen molar-refractivity contribution in [1.82, 2.24) is 4.90 Å². The minimum atomic E-state index is 0.642. The van der Waals surface area contributed by atoms with Crippen molar-refractivity contribution in [1.29, 1.82) is 0 Å². The predicted octanol–water partition coefficient (Wildman–Crippen LogP) is 2.11. The van der Waals surface area contributed by atoms with Crippen LogP contribution in [0.15, 0.2) is 24.3 Å². The van der Waals surface area contributed by atoms with Crippen molar-refractivity contribution in [3.63, 3.8) is 0 Å². The summed E-state index contributed by atoms with van der Waals surface area (Å²) in [5, 5.41) is 0. The lowest BCUT2D eigenvalue weighted by molar-refractivity contribution is 0.221. The van der Waals surface area contributed by atoms with Gasteiger partial charge in [0.15, 0.2) is 0 Å². The lowest BCUT2D eigenvalue weighted by Gasteiger charge is -2.38. The first kappa shape index (κ1) is 14.4. The van der Waals surface area contributed by atoms with Gasteiger partial charge < -0.3 is 15.5 Å². The number of hydrogen-bond donors (Lipinski definition) is 1. The van der Waals surface area contributed by atoms with Gasteiger partial charge in [-0.3, -0.25) is 0 Å². The molecule has 0 aromatic heterocycles. The molecule has 0 spiro atoms. The van der Waals surface area contributed by atoms with Gasteiger partial charge in [-0.2, -0.15) is 0 Å². The molecule has 0 bridgehead atoms. The van der Waals surface area contributed by atoms with Crippen LogP contribution in [0.3, 0.4) is 0 Å². The van der Waals surface area contributed by atoms with Crippen LogP contribution in [0.4, 0.5) is 5.69 Å². The molecule has 0 radical (unpaired) electrons. The van der Waals surface area contributed by atoms with Gasteiger partial charge in [-0.1, -0.05) is 19.1 Å². The first-order valence-electron chi connectivity index (χ1n) is 7.48. The number of anilines is 1. The summed E-state index contributed by atoms with van der Waals surface area (Å²) in [6.45, 7) is 6.25. The third kappa shape index (κ3) is 3.71. The number of aryl methyl sites for hydroxylation is 1. The summed E-state index contributed by atoms with van der Waals surface area (Å²) in [4.78, 5) is 4.92. The maximum absolute atomic E-state index is 5.66. The van der Waals surface area contributed by atoms with Gasteiger partial charge in [0.1, 0.15) is 0 Å². The van der Waals surface area contributed by atoms with E-state index in [4.69, 9.17) is 5.73 Å². The van der Waals surface area contributed by atoms with Crippen molar-refractivity contribution in [3.05, 3.63) is 29.8 Å². The van der Waals surface area contributed by atoms with E-state index in [0.29, 0.717) is 6.04 Å². The summed E-state index contributed by atoms with van der Waals surface area (Å²) in [6.07, 6.45) is 3.68. The molecule has 3 nitrogen and oxygen atoms in total. The molecule has 1 aliphatic rings. The molecule has 2 rings (SSSR count). The summed E-state index contributed by atoms with van der Waals surface area (Å²) >= 11 is 0. The fraction of sp³-hybridized carbons (Fsp3) is 0.625. The second-order valence-electron chi connectivity index (χ2n) is 5.53. The summed E-state index contributed by atoms with van der Waals surface area (Å²) in [7, 11) is 2.20. The lowest BCUT2D eigenvalue weighted by Crippen LogP contribution is -2.47. The number of likely N-dealkylation sites (N-methyl/N-ethyl adjacent to an activating group) is 1. The van der Waals surface area contributed by atoms with Gasteiger partial charge in [0.25, 0.3) is 0 Å². The van der Waals surface area contributed by atoms with E-state index in [-0.39, 0.29) is 0 Å². The number of rotatable bonds is 5. The molecule has 19 heavy (non-hydrogen) atoms. The van der Waals surface area contributed by atoms with Gasteiger partial charge in [0.2, 0.25) is 0 Å². The van der Waals surface area contributed by atoms with E-state index in [2.05, 4.69) is 48.0 Å². The van der Waals surface area contributed by atoms with E-state index in [1.165, 1.54) is 30.6 Å². The molecule has 106 valence electrons. The molecular formula is C16H27N3. The molecule has 0 aliphatic carbocycles. The highest BCUT2D eigenvalue weighted by atomic mass is 15.2. The maximum Gasteiger partial charge on any atom is 0.0366 e. The average molecular weight is 261 g/mol. The first-order valence-corrected chi connectivity index (χ1v) is 7.48. The molecular weight excluding hydrogens is 234 g/mol. The standard InChI is InChI=1S/C16H27N3/c1-3-14-6-8-15(9-7-14)19-11-4-5-16(13-19)18(2)12-10-17/h6-9,16H,3-5,10-13,17H2,1-2H3. The molecule has 1 unspecified atom stereocenters. The average Bonchev–Trinajstić information content (AvgIpc) is 2.48. The Hall–Kier alpha value is -1.06. The summed E-state index contributed by atoms with van der Waals surface area (Å²) in [5.41, 5.74) is 8.44. The van der Waals surface area contributed by atoms with Crippen molar-refractivity contribution in [3.8, 4) is 0 Å². The molecule has 1 saturated heterocycles. The Bertz CT molecular complexity index is 374. The summed E-state index contributed by atoms with van der Waals surface area (Å²) < 4.78 is 0. The van der Waals surface area contributed by atoms with Gasteiger partial charge in [-0.25, -0.2) is 0 Å². The second-order valence-corrected chi connectivity index (χ2v) is 5.53. The molecule has 2 N–H and O–H groups in total. The molecule has 1 atom stereocenters. The molecule has 1 aliphatic heterocycles. The zero-order valence-electron chi connectivity index (χ0n) is 12.3. The Morgan fingerprint density at radius 3 is 2.68 bits per heavy atom. The largest absolute Gasteiger partial charge is 0.370 e. The minimum absolute atomic E-state index is 0.642. The number of nitrogens with two attached hydrogens (primary N) is 1. The molecule has 3 heteroatoms. The Balaban J connectivity index is 1.99. The Labute approximate surface area is 117 Å². The monoisotopic (exact) mass is 261 g/mol. The third-order valence-corrected chi connectivity index (χ3v) is 4.21. The van der Waals surface area contributed by atoms with Crippen LogP contribution < -0.4 is 10.6 Å². The fourth-order valence-electron chi connectivity index (χ4n) is 2.88. The molecule has 1 fully saturated rings. The normalized spacial score (nSPS) is 20.0. The molecule has 0 amide bonds. The van der Waals surface area contributed by atoms with Crippen LogP contribution in [-0.4, -0.2) is 44.2 Å². The zero-order chi connectivity index (χ0) is 13.7. The van der Waals surface area contributed by atoms with E-state index >= 15 is 0 Å². The van der Waals surface area contributed by atoms with Gasteiger partial charge in [-0.05, 0) is 44.0 Å². The quantitative estimate of drug-likeness (QED) is 0.881. The van der Waals surface area contributed by atoms with E-state index in [9.17, 15) is 0 Å². The van der Waals surface area contributed by atoms with E-state index in [0.717, 1.165) is 26.1 Å². The lowest BCUT2D eigenvalue weighted by atomic mass is 10.0. The Morgan fingerprint density at radius 2 is 2.05 bits per heavy atom. The van der Waals surface area contributed by atoms with Crippen LogP contribution in [0.5, 0.6) is 0 Å². The fourth-order valence-corrected chi connectivity index (χ4v) is 2.88. The smallest absolute Gasteiger partial charge is 0.0366 e. The SMILES string of the molecule is CCc1ccc(N2CCCC(N(C)CCN)C2)cc1. The van der Waals surface area contributed by atoms with Gasteiger partial charge >= 0.3 is 0 Å². The van der Waals surface area contributed by atoms with E-state index < -0.39 is 0 Å². The second kappa shape index (κ2) is 6.92. The van der Waals surface area contributed by atoms with Crippen molar-refractivity contribution in [2.75, 3.05) is 38.1 Å². The summed E-state index contributed by atoms with van der Waals surface area (Å²) in [5.74, 6) is 0. The third-order valence-electron chi connectivity index (χ3n) is 4.21. The van der Waals surface area contributed by atoms with Crippen LogP contribution in [-0.2, 0) is 6.42 Å². The van der Waals surface area contributed by atoms with Crippen molar-refractivity contribution >= 4 is 5.69 Å². The summed E-state index contributed by atoms with van der Waals surface area (Å²) in [6, 6.07) is 9.68. The molecule has 0 saturated carbocycles. The minimum Gasteiger partial charge on any atom is -0.370 e. The van der Waals surface area contributed by atoms with E-state index in [1.807, 2.05) is 0 Å². The highest BCUT2D eigenvalue weighted by molar-refractivity contribution is 5.48. The number of benzene rings is 1. The number of nitrogens with zero attached hydrogens (tertiary/aromatic N) is 2. The van der Waals surface area contributed by atoms with Crippen molar-refractivity contribution < 1.29 is 0 Å². The highest BCUT2D eigenvalue weighted by Crippen LogP contribution is 2.22. The van der Waals surface area contributed by atoms with Gasteiger partial charge in [0, 0.05) is 37.9 Å². The van der Waals surface area contributed by atoms with E-state index in [1.54, 1.807) is 0 Å². The Kier molecular flexibility index (Phi) is 5.23. The molecule has 1 heterocycles. The molecule has 1 aromatic rings. The van der Waals surface area contributed by atoms with Crippen LogP contribution in [0.1, 0.15) is 25.3 Å². The van der Waals surface area contributed by atoms with Gasteiger partial charge in [0.05, 0.1) is 0 Å². The van der Waals surface area contributed by atoms with Crippen LogP contribution in [0.2, 0.25) is 0 Å². The molecule has 1 aromatic carbocycles. The van der Waals surface area contributed by atoms with Crippen LogP contribution in [0.25, 0.3) is 0 Å². The van der Waals surface area contributed by atoms with Crippen molar-refractivity contribution in [2.45, 2.75) is 32.2 Å². The Morgan fingerprint density at radius 1 is 1.32 bits per heavy atom. The number of piperidine rings is 1. The predicted molar refractivity (Wildman–Crippen MR) is 82.7 cm³/mol.